The molecular formula is C16H19ClN4O5. The smallest absolute Gasteiger partial charge is 0.347 e. The van der Waals surface area contributed by atoms with E-state index < -0.39 is 18.0 Å². The maximum atomic E-state index is 11.8. The summed E-state index contributed by atoms with van der Waals surface area (Å²) in [4.78, 5) is 23.3. The third-order valence-corrected chi connectivity index (χ3v) is 3.56. The van der Waals surface area contributed by atoms with Crippen LogP contribution >= 0.6 is 11.6 Å². The van der Waals surface area contributed by atoms with Crippen LogP contribution in [0.4, 0.5) is 0 Å². The number of halogens is 1. The molecule has 2 aromatic rings. The minimum Gasteiger partial charge on any atom is -0.490 e. The molecule has 2 rings (SSSR count). The van der Waals surface area contributed by atoms with Crippen molar-refractivity contribution < 1.29 is 23.8 Å². The van der Waals surface area contributed by atoms with Crippen LogP contribution in [0.1, 0.15) is 31.3 Å². The number of aromatic amines is 1. The molecule has 1 amide bonds. The van der Waals surface area contributed by atoms with E-state index in [1.54, 1.807) is 26.8 Å². The zero-order valence-corrected chi connectivity index (χ0v) is 15.3. The molecule has 0 saturated heterocycles. The van der Waals surface area contributed by atoms with Gasteiger partial charge in [0.15, 0.2) is 23.3 Å². The van der Waals surface area contributed by atoms with Crippen molar-refractivity contribution in [2.75, 3.05) is 13.2 Å². The summed E-state index contributed by atoms with van der Waals surface area (Å²) in [5.74, 6) is -0.798. The normalized spacial score (nSPS) is 11.7. The van der Waals surface area contributed by atoms with Gasteiger partial charge in [0.2, 0.25) is 0 Å². The van der Waals surface area contributed by atoms with Crippen LogP contribution in [0.5, 0.6) is 11.5 Å². The molecule has 26 heavy (non-hydrogen) atoms. The average molecular weight is 383 g/mol. The van der Waals surface area contributed by atoms with Crippen LogP contribution in [-0.4, -0.2) is 46.6 Å². The molecule has 1 heterocycles. The fourth-order valence-electron chi connectivity index (χ4n) is 2.17. The fraction of sp³-hybridized carbons (Fsp3) is 0.375. The maximum Gasteiger partial charge on any atom is 0.347 e. The van der Waals surface area contributed by atoms with Crippen LogP contribution in [0.15, 0.2) is 12.1 Å². The van der Waals surface area contributed by atoms with E-state index in [1.165, 1.54) is 6.07 Å². The lowest BCUT2D eigenvalue weighted by molar-refractivity contribution is -0.150. The standard InChI is InChI=1S/C16H19ClN4O5/c1-4-24-11-7-9(12-13(15(18)22)20-21-19-12)6-10(17)14(11)26-8(3)16(23)25-5-2/h6-8H,4-5H2,1-3H3,(H2,18,22)(H,19,20,21). The molecule has 0 spiro atoms. The number of aromatic nitrogens is 3. The number of ether oxygens (including phenoxy) is 3. The van der Waals surface area contributed by atoms with Crippen LogP contribution in [0, 0.1) is 0 Å². The number of esters is 1. The molecule has 1 aromatic carbocycles. The van der Waals surface area contributed by atoms with Gasteiger partial charge < -0.3 is 19.9 Å². The van der Waals surface area contributed by atoms with E-state index in [9.17, 15) is 9.59 Å². The van der Waals surface area contributed by atoms with Crippen molar-refractivity contribution in [1.82, 2.24) is 15.4 Å². The third kappa shape index (κ3) is 4.23. The van der Waals surface area contributed by atoms with Crippen LogP contribution in [0.3, 0.4) is 0 Å². The van der Waals surface area contributed by atoms with Gasteiger partial charge in [0.05, 0.1) is 18.2 Å². The average Bonchev–Trinajstić information content (AvgIpc) is 3.08. The predicted molar refractivity (Wildman–Crippen MR) is 93.2 cm³/mol. The molecule has 1 unspecified atom stereocenters. The summed E-state index contributed by atoms with van der Waals surface area (Å²) in [6.07, 6.45) is -0.884. The lowest BCUT2D eigenvalue weighted by atomic mass is 10.1. The molecule has 10 heteroatoms. The van der Waals surface area contributed by atoms with E-state index in [4.69, 9.17) is 31.5 Å². The predicted octanol–water partition coefficient (Wildman–Crippen LogP) is 1.95. The highest BCUT2D eigenvalue weighted by atomic mass is 35.5. The monoisotopic (exact) mass is 382 g/mol. The number of hydrogen-bond acceptors (Lipinski definition) is 7. The first-order chi connectivity index (χ1) is 12.4. The first kappa shape index (κ1) is 19.5. The topological polar surface area (TPSA) is 129 Å². The van der Waals surface area contributed by atoms with E-state index in [-0.39, 0.29) is 34.5 Å². The second-order valence-electron chi connectivity index (χ2n) is 5.12. The number of amides is 1. The Morgan fingerprint density at radius 2 is 2.00 bits per heavy atom. The summed E-state index contributed by atoms with van der Waals surface area (Å²) < 4.78 is 16.1. The maximum absolute atomic E-state index is 11.8. The van der Waals surface area contributed by atoms with Crippen molar-refractivity contribution in [3.05, 3.63) is 22.8 Å². The number of nitrogens with one attached hydrogen (secondary N) is 1. The lowest BCUT2D eigenvalue weighted by Gasteiger charge is -2.18. The number of carbonyl (C=O) groups excluding carboxylic acids is 2. The Kier molecular flexibility index (Phi) is 6.40. The molecule has 0 aliphatic carbocycles. The van der Waals surface area contributed by atoms with Crippen LogP contribution in [-0.2, 0) is 9.53 Å². The Labute approximate surface area is 154 Å². The van der Waals surface area contributed by atoms with Gasteiger partial charge in [-0.1, -0.05) is 11.6 Å². The minimum atomic E-state index is -0.884. The van der Waals surface area contributed by atoms with Gasteiger partial charge in [-0.2, -0.15) is 15.4 Å². The Bertz CT molecular complexity index is 808. The molecule has 3 N–H and O–H groups in total. The van der Waals surface area contributed by atoms with Gasteiger partial charge in [0.1, 0.15) is 5.69 Å². The molecule has 0 aliphatic heterocycles. The summed E-state index contributed by atoms with van der Waals surface area (Å²) in [5, 5.41) is 10.2. The number of H-pyrrole nitrogens is 1. The van der Waals surface area contributed by atoms with E-state index >= 15 is 0 Å². The van der Waals surface area contributed by atoms with Crippen LogP contribution < -0.4 is 15.2 Å². The Morgan fingerprint density at radius 3 is 2.62 bits per heavy atom. The number of rotatable bonds is 8. The van der Waals surface area contributed by atoms with E-state index in [2.05, 4.69) is 15.4 Å². The highest BCUT2D eigenvalue weighted by molar-refractivity contribution is 6.32. The SMILES string of the molecule is CCOC(=O)C(C)Oc1c(Cl)cc(-c2n[nH]nc2C(N)=O)cc1OCC. The highest BCUT2D eigenvalue weighted by Gasteiger charge is 2.23. The Hall–Kier alpha value is -2.81. The van der Waals surface area contributed by atoms with Crippen LogP contribution in [0.2, 0.25) is 5.02 Å². The molecule has 1 atom stereocenters. The van der Waals surface area contributed by atoms with Gasteiger partial charge in [0, 0.05) is 5.56 Å². The summed E-state index contributed by atoms with van der Waals surface area (Å²) in [6, 6.07) is 3.09. The molecule has 0 bridgehead atoms. The Morgan fingerprint density at radius 1 is 1.27 bits per heavy atom. The first-order valence-corrected chi connectivity index (χ1v) is 8.27. The number of benzene rings is 1. The zero-order chi connectivity index (χ0) is 19.3. The van der Waals surface area contributed by atoms with E-state index in [0.29, 0.717) is 12.2 Å². The molecular weight excluding hydrogens is 364 g/mol. The molecule has 140 valence electrons. The van der Waals surface area contributed by atoms with Gasteiger partial charge in [-0.3, -0.25) is 4.79 Å². The molecule has 0 saturated carbocycles. The van der Waals surface area contributed by atoms with Gasteiger partial charge in [-0.15, -0.1) is 0 Å². The summed E-state index contributed by atoms with van der Waals surface area (Å²) in [7, 11) is 0. The van der Waals surface area contributed by atoms with Gasteiger partial charge >= 0.3 is 5.97 Å². The summed E-state index contributed by atoms with van der Waals surface area (Å²) in [6.45, 7) is 5.59. The largest absolute Gasteiger partial charge is 0.490 e. The Balaban J connectivity index is 2.43. The third-order valence-electron chi connectivity index (χ3n) is 3.28. The van der Waals surface area contributed by atoms with Gasteiger partial charge in [-0.25, -0.2) is 4.79 Å². The highest BCUT2D eigenvalue weighted by Crippen LogP contribution is 2.40. The van der Waals surface area contributed by atoms with Crippen molar-refractivity contribution in [3.63, 3.8) is 0 Å². The number of nitrogens with zero attached hydrogens (tertiary/aromatic N) is 2. The number of hydrogen-bond donors (Lipinski definition) is 2. The fourth-order valence-corrected chi connectivity index (χ4v) is 2.43. The van der Waals surface area contributed by atoms with Crippen LogP contribution in [0.25, 0.3) is 11.3 Å². The summed E-state index contributed by atoms with van der Waals surface area (Å²) >= 11 is 6.31. The van der Waals surface area contributed by atoms with Crippen molar-refractivity contribution in [1.29, 1.82) is 0 Å². The molecule has 0 fully saturated rings. The number of nitrogens with two attached hydrogens (primary N) is 1. The van der Waals surface area contributed by atoms with Crippen molar-refractivity contribution in [2.24, 2.45) is 5.73 Å². The molecule has 0 aliphatic rings. The van der Waals surface area contributed by atoms with Crippen molar-refractivity contribution >= 4 is 23.5 Å². The first-order valence-electron chi connectivity index (χ1n) is 7.89. The minimum absolute atomic E-state index is 0.0305. The summed E-state index contributed by atoms with van der Waals surface area (Å²) in [5.41, 5.74) is 5.94. The lowest BCUT2D eigenvalue weighted by Crippen LogP contribution is -2.26. The van der Waals surface area contributed by atoms with Crippen molar-refractivity contribution in [2.45, 2.75) is 26.9 Å². The molecule has 1 aromatic heterocycles. The van der Waals surface area contributed by atoms with E-state index in [0.717, 1.165) is 0 Å². The van der Waals surface area contributed by atoms with Gasteiger partial charge in [-0.05, 0) is 32.9 Å². The van der Waals surface area contributed by atoms with Gasteiger partial charge in [0.25, 0.3) is 5.91 Å². The second kappa shape index (κ2) is 8.52. The molecule has 9 nitrogen and oxygen atoms in total. The van der Waals surface area contributed by atoms with Crippen molar-refractivity contribution in [3.8, 4) is 22.8 Å². The quantitative estimate of drug-likeness (QED) is 0.667. The number of primary amides is 1. The van der Waals surface area contributed by atoms with E-state index in [1.807, 2.05) is 0 Å². The number of carbonyl (C=O) groups is 2. The zero-order valence-electron chi connectivity index (χ0n) is 14.5. The second-order valence-corrected chi connectivity index (χ2v) is 5.52. The molecule has 0 radical (unpaired) electrons.